The molecule has 0 aliphatic heterocycles. The van der Waals surface area contributed by atoms with Crippen LogP contribution in [0.25, 0.3) is 0 Å². The Morgan fingerprint density at radius 3 is 2.50 bits per heavy atom. The average Bonchev–Trinajstić information content (AvgIpc) is 2.53. The molecule has 24 heavy (non-hydrogen) atoms. The van der Waals surface area contributed by atoms with Gasteiger partial charge in [-0.05, 0) is 48.4 Å². The molecule has 0 aromatic heterocycles. The standard InChI is InChI=1S/C19H18FNO3/c20-16-7-6-14(19(23)24)11-17(16)21-18(22)10-12-8-15(9-12)13-4-2-1-3-5-13/h1-7,11-12,15H,8-10H2,(H,21,22)(H,23,24). The van der Waals surface area contributed by atoms with Gasteiger partial charge in [-0.25, -0.2) is 9.18 Å². The van der Waals surface area contributed by atoms with Gasteiger partial charge in [0.2, 0.25) is 5.91 Å². The summed E-state index contributed by atoms with van der Waals surface area (Å²) < 4.78 is 13.7. The van der Waals surface area contributed by atoms with Gasteiger partial charge in [-0.1, -0.05) is 30.3 Å². The maximum atomic E-state index is 13.7. The van der Waals surface area contributed by atoms with Crippen molar-refractivity contribution in [3.63, 3.8) is 0 Å². The van der Waals surface area contributed by atoms with Crippen LogP contribution in [0, 0.1) is 11.7 Å². The summed E-state index contributed by atoms with van der Waals surface area (Å²) in [6.07, 6.45) is 2.20. The molecule has 1 fully saturated rings. The molecular weight excluding hydrogens is 309 g/mol. The van der Waals surface area contributed by atoms with E-state index >= 15 is 0 Å². The molecule has 0 unspecified atom stereocenters. The van der Waals surface area contributed by atoms with E-state index < -0.39 is 11.8 Å². The quantitative estimate of drug-likeness (QED) is 0.871. The predicted molar refractivity (Wildman–Crippen MR) is 88.5 cm³/mol. The first-order chi connectivity index (χ1) is 11.5. The molecule has 2 aromatic rings. The lowest BCUT2D eigenvalue weighted by atomic mass is 9.70. The molecule has 4 nitrogen and oxygen atoms in total. The predicted octanol–water partition coefficient (Wildman–Crippen LogP) is 4.05. The molecule has 2 aromatic carbocycles. The molecule has 1 amide bonds. The van der Waals surface area contributed by atoms with Gasteiger partial charge in [0, 0.05) is 6.42 Å². The highest BCUT2D eigenvalue weighted by Gasteiger charge is 2.31. The number of nitrogens with one attached hydrogen (secondary N) is 1. The van der Waals surface area contributed by atoms with Gasteiger partial charge >= 0.3 is 5.97 Å². The number of benzene rings is 2. The fourth-order valence-corrected chi connectivity index (χ4v) is 3.12. The minimum atomic E-state index is -1.16. The minimum Gasteiger partial charge on any atom is -0.478 e. The number of hydrogen-bond acceptors (Lipinski definition) is 2. The monoisotopic (exact) mass is 327 g/mol. The van der Waals surface area contributed by atoms with Crippen LogP contribution < -0.4 is 5.32 Å². The maximum Gasteiger partial charge on any atom is 0.335 e. The Balaban J connectivity index is 1.54. The van der Waals surface area contributed by atoms with E-state index in [-0.39, 0.29) is 23.1 Å². The summed E-state index contributed by atoms with van der Waals surface area (Å²) in [5.41, 5.74) is 1.15. The van der Waals surface area contributed by atoms with Gasteiger partial charge in [0.05, 0.1) is 11.3 Å². The number of carboxylic acids is 1. The van der Waals surface area contributed by atoms with Crippen LogP contribution in [-0.2, 0) is 4.79 Å². The fourth-order valence-electron chi connectivity index (χ4n) is 3.12. The lowest BCUT2D eigenvalue weighted by molar-refractivity contribution is -0.117. The summed E-state index contributed by atoms with van der Waals surface area (Å²) in [4.78, 5) is 23.0. The Kier molecular flexibility index (Phi) is 4.60. The molecule has 0 saturated heterocycles. The Morgan fingerprint density at radius 1 is 1.12 bits per heavy atom. The second-order valence-electron chi connectivity index (χ2n) is 6.20. The van der Waals surface area contributed by atoms with Gasteiger partial charge in [-0.15, -0.1) is 0 Å². The molecule has 124 valence electrons. The third kappa shape index (κ3) is 3.62. The van der Waals surface area contributed by atoms with E-state index in [2.05, 4.69) is 17.4 Å². The summed E-state index contributed by atoms with van der Waals surface area (Å²) >= 11 is 0. The molecule has 1 aliphatic carbocycles. The summed E-state index contributed by atoms with van der Waals surface area (Å²) in [6, 6.07) is 13.5. The van der Waals surface area contributed by atoms with Crippen LogP contribution in [0.4, 0.5) is 10.1 Å². The smallest absolute Gasteiger partial charge is 0.335 e. The second kappa shape index (κ2) is 6.83. The molecule has 3 rings (SSSR count). The van der Waals surface area contributed by atoms with E-state index in [4.69, 9.17) is 5.11 Å². The third-order valence-corrected chi connectivity index (χ3v) is 4.47. The molecular formula is C19H18FNO3. The van der Waals surface area contributed by atoms with Crippen LogP contribution in [0.1, 0.15) is 41.1 Å². The Hall–Kier alpha value is -2.69. The minimum absolute atomic E-state index is 0.0560. The number of halogens is 1. The third-order valence-electron chi connectivity index (χ3n) is 4.47. The molecule has 5 heteroatoms. The zero-order valence-electron chi connectivity index (χ0n) is 13.0. The number of anilines is 1. The van der Waals surface area contributed by atoms with Crippen LogP contribution in [0.5, 0.6) is 0 Å². The van der Waals surface area contributed by atoms with Crippen molar-refractivity contribution < 1.29 is 19.1 Å². The van der Waals surface area contributed by atoms with E-state index in [0.29, 0.717) is 12.3 Å². The summed E-state index contributed by atoms with van der Waals surface area (Å²) in [5, 5.41) is 11.4. The SMILES string of the molecule is O=C(CC1CC(c2ccccc2)C1)Nc1cc(C(=O)O)ccc1F. The van der Waals surface area contributed by atoms with Crippen LogP contribution in [0.15, 0.2) is 48.5 Å². The van der Waals surface area contributed by atoms with Gasteiger partial charge in [0.25, 0.3) is 0 Å². The van der Waals surface area contributed by atoms with Crippen molar-refractivity contribution in [2.24, 2.45) is 5.92 Å². The van der Waals surface area contributed by atoms with Crippen LogP contribution in [-0.4, -0.2) is 17.0 Å². The van der Waals surface area contributed by atoms with Gasteiger partial charge < -0.3 is 10.4 Å². The highest BCUT2D eigenvalue weighted by molar-refractivity contribution is 5.94. The van der Waals surface area contributed by atoms with Gasteiger partial charge in [0.15, 0.2) is 0 Å². The van der Waals surface area contributed by atoms with Crippen molar-refractivity contribution in [3.8, 4) is 0 Å². The van der Waals surface area contributed by atoms with Crippen molar-refractivity contribution in [1.29, 1.82) is 0 Å². The molecule has 0 spiro atoms. The van der Waals surface area contributed by atoms with E-state index in [1.165, 1.54) is 11.6 Å². The number of carboxylic acid groups (broad SMARTS) is 1. The Morgan fingerprint density at radius 2 is 1.83 bits per heavy atom. The average molecular weight is 327 g/mol. The van der Waals surface area contributed by atoms with Crippen LogP contribution in [0.3, 0.4) is 0 Å². The Labute approximate surface area is 139 Å². The summed E-state index contributed by atoms with van der Waals surface area (Å²) in [5.74, 6) is -1.32. The first kappa shape index (κ1) is 16.2. The van der Waals surface area contributed by atoms with Crippen LogP contribution in [0.2, 0.25) is 0 Å². The number of carbonyl (C=O) groups excluding carboxylic acids is 1. The van der Waals surface area contributed by atoms with Crippen molar-refractivity contribution in [2.75, 3.05) is 5.32 Å². The molecule has 1 saturated carbocycles. The number of hydrogen-bond donors (Lipinski definition) is 2. The largest absolute Gasteiger partial charge is 0.478 e. The van der Waals surface area contributed by atoms with Crippen molar-refractivity contribution in [2.45, 2.75) is 25.2 Å². The molecule has 0 heterocycles. The number of rotatable bonds is 5. The van der Waals surface area contributed by atoms with Crippen molar-refractivity contribution in [3.05, 3.63) is 65.5 Å². The van der Waals surface area contributed by atoms with Gasteiger partial charge in [-0.3, -0.25) is 4.79 Å². The topological polar surface area (TPSA) is 66.4 Å². The zero-order chi connectivity index (χ0) is 17.1. The lowest BCUT2D eigenvalue weighted by Crippen LogP contribution is -2.27. The summed E-state index contributed by atoms with van der Waals surface area (Å²) in [7, 11) is 0. The maximum absolute atomic E-state index is 13.7. The lowest BCUT2D eigenvalue weighted by Gasteiger charge is -2.35. The van der Waals surface area contributed by atoms with Gasteiger partial charge in [0.1, 0.15) is 5.82 Å². The zero-order valence-corrected chi connectivity index (χ0v) is 13.0. The molecule has 0 atom stereocenters. The highest BCUT2D eigenvalue weighted by atomic mass is 19.1. The molecule has 0 radical (unpaired) electrons. The normalized spacial score (nSPS) is 19.4. The number of aromatic carboxylic acids is 1. The van der Waals surface area contributed by atoms with Crippen molar-refractivity contribution in [1.82, 2.24) is 0 Å². The van der Waals surface area contributed by atoms with Gasteiger partial charge in [-0.2, -0.15) is 0 Å². The molecule has 1 aliphatic rings. The van der Waals surface area contributed by atoms with E-state index in [1.54, 1.807) is 0 Å². The molecule has 0 bridgehead atoms. The van der Waals surface area contributed by atoms with Crippen LogP contribution >= 0.6 is 0 Å². The van der Waals surface area contributed by atoms with E-state index in [9.17, 15) is 14.0 Å². The highest BCUT2D eigenvalue weighted by Crippen LogP contribution is 2.43. The van der Waals surface area contributed by atoms with E-state index in [1.807, 2.05) is 18.2 Å². The molecule has 2 N–H and O–H groups in total. The number of carbonyl (C=O) groups is 2. The second-order valence-corrected chi connectivity index (χ2v) is 6.20. The van der Waals surface area contributed by atoms with E-state index in [0.717, 1.165) is 25.0 Å². The first-order valence-electron chi connectivity index (χ1n) is 7.90. The van der Waals surface area contributed by atoms with Crippen molar-refractivity contribution >= 4 is 17.6 Å². The first-order valence-corrected chi connectivity index (χ1v) is 7.90. The Bertz CT molecular complexity index is 754. The summed E-state index contributed by atoms with van der Waals surface area (Å²) in [6.45, 7) is 0. The fraction of sp³-hybridized carbons (Fsp3) is 0.263. The number of amides is 1.